The summed E-state index contributed by atoms with van der Waals surface area (Å²) in [6.07, 6.45) is 0. The summed E-state index contributed by atoms with van der Waals surface area (Å²) in [6.45, 7) is 1.96. The highest BCUT2D eigenvalue weighted by atomic mass is 32.1. The molecule has 2 rings (SSSR count). The van der Waals surface area contributed by atoms with Gasteiger partial charge in [0.2, 0.25) is 11.7 Å². The second-order valence-electron chi connectivity index (χ2n) is 2.84. The fraction of sp³-hybridized carbons (Fsp3) is 0.375. The summed E-state index contributed by atoms with van der Waals surface area (Å²) in [4.78, 5) is 8.33. The van der Waals surface area contributed by atoms with Crippen molar-refractivity contribution in [1.82, 2.24) is 20.4 Å². The maximum absolute atomic E-state index is 5.08. The Kier molecular flexibility index (Phi) is 2.55. The van der Waals surface area contributed by atoms with Crippen molar-refractivity contribution >= 4 is 11.3 Å². The van der Waals surface area contributed by atoms with Gasteiger partial charge in [0, 0.05) is 5.38 Å². The minimum Gasteiger partial charge on any atom is -0.337 e. The molecule has 0 aliphatic rings. The first-order valence-corrected chi connectivity index (χ1v) is 5.15. The molecule has 6 heteroatoms. The number of hydrogen-bond acceptors (Lipinski definition) is 6. The van der Waals surface area contributed by atoms with Crippen molar-refractivity contribution < 1.29 is 4.52 Å². The van der Waals surface area contributed by atoms with Crippen LogP contribution in [0.2, 0.25) is 0 Å². The van der Waals surface area contributed by atoms with E-state index in [0.29, 0.717) is 11.7 Å². The van der Waals surface area contributed by atoms with Gasteiger partial charge in [-0.3, -0.25) is 0 Å². The van der Waals surface area contributed by atoms with Crippen LogP contribution in [0.3, 0.4) is 0 Å². The largest absolute Gasteiger partial charge is 0.337 e. The van der Waals surface area contributed by atoms with Crippen LogP contribution in [0.4, 0.5) is 0 Å². The summed E-state index contributed by atoms with van der Waals surface area (Å²) in [5, 5.41) is 8.76. The molecule has 0 aromatic carbocycles. The van der Waals surface area contributed by atoms with Crippen LogP contribution < -0.4 is 5.32 Å². The van der Waals surface area contributed by atoms with E-state index in [0.717, 1.165) is 5.69 Å². The number of rotatable bonds is 3. The predicted octanol–water partition coefficient (Wildman–Crippen LogP) is 1.47. The van der Waals surface area contributed by atoms with Gasteiger partial charge in [-0.1, -0.05) is 5.16 Å². The fourth-order valence-electron chi connectivity index (χ4n) is 0.962. The maximum atomic E-state index is 5.08. The van der Waals surface area contributed by atoms with Gasteiger partial charge in [0.15, 0.2) is 0 Å². The van der Waals surface area contributed by atoms with Crippen molar-refractivity contribution in [2.45, 2.75) is 13.0 Å². The Morgan fingerprint density at radius 1 is 1.57 bits per heavy atom. The molecule has 0 spiro atoms. The monoisotopic (exact) mass is 210 g/mol. The number of thiazole rings is 1. The van der Waals surface area contributed by atoms with Crippen LogP contribution in [0.5, 0.6) is 0 Å². The lowest BCUT2D eigenvalue weighted by Crippen LogP contribution is -2.12. The quantitative estimate of drug-likeness (QED) is 0.831. The van der Waals surface area contributed by atoms with E-state index >= 15 is 0 Å². The molecule has 0 bridgehead atoms. The number of nitrogens with zero attached hydrogens (tertiary/aromatic N) is 3. The van der Waals surface area contributed by atoms with E-state index in [4.69, 9.17) is 4.52 Å². The molecule has 1 N–H and O–H groups in total. The molecule has 74 valence electrons. The highest BCUT2D eigenvalue weighted by Crippen LogP contribution is 2.17. The van der Waals surface area contributed by atoms with Crippen LogP contribution in [-0.4, -0.2) is 22.2 Å². The topological polar surface area (TPSA) is 63.8 Å². The van der Waals surface area contributed by atoms with Gasteiger partial charge in [-0.05, 0) is 14.0 Å². The van der Waals surface area contributed by atoms with Crippen LogP contribution in [0.15, 0.2) is 15.4 Å². The summed E-state index contributed by atoms with van der Waals surface area (Å²) < 4.78 is 5.08. The van der Waals surface area contributed by atoms with Gasteiger partial charge < -0.3 is 9.84 Å². The summed E-state index contributed by atoms with van der Waals surface area (Å²) >= 11 is 1.51. The zero-order valence-corrected chi connectivity index (χ0v) is 8.71. The third kappa shape index (κ3) is 1.66. The molecule has 2 aromatic heterocycles. The van der Waals surface area contributed by atoms with E-state index in [1.54, 1.807) is 5.51 Å². The average Bonchev–Trinajstić information content (AvgIpc) is 2.86. The van der Waals surface area contributed by atoms with E-state index in [2.05, 4.69) is 20.4 Å². The van der Waals surface area contributed by atoms with Crippen LogP contribution in [0, 0.1) is 0 Å². The number of nitrogens with one attached hydrogen (secondary N) is 1. The summed E-state index contributed by atoms with van der Waals surface area (Å²) in [7, 11) is 1.84. The molecule has 1 atom stereocenters. The second-order valence-corrected chi connectivity index (χ2v) is 3.56. The Morgan fingerprint density at radius 3 is 3.07 bits per heavy atom. The summed E-state index contributed by atoms with van der Waals surface area (Å²) in [6, 6.07) is 0.0647. The zero-order chi connectivity index (χ0) is 9.97. The van der Waals surface area contributed by atoms with Crippen molar-refractivity contribution in [3.8, 4) is 11.5 Å². The number of aromatic nitrogens is 3. The molecule has 0 fully saturated rings. The van der Waals surface area contributed by atoms with Gasteiger partial charge in [0.05, 0.1) is 11.6 Å². The van der Waals surface area contributed by atoms with Crippen LogP contribution in [0.25, 0.3) is 11.5 Å². The molecule has 0 saturated heterocycles. The van der Waals surface area contributed by atoms with Crippen LogP contribution in [-0.2, 0) is 0 Å². The van der Waals surface area contributed by atoms with Crippen molar-refractivity contribution in [3.05, 3.63) is 16.8 Å². The molecule has 0 radical (unpaired) electrons. The first-order valence-electron chi connectivity index (χ1n) is 4.20. The van der Waals surface area contributed by atoms with Gasteiger partial charge in [0.25, 0.3) is 0 Å². The second kappa shape index (κ2) is 3.85. The molecule has 0 aliphatic carbocycles. The normalized spacial score (nSPS) is 13.0. The molecule has 0 amide bonds. The third-order valence-corrected chi connectivity index (χ3v) is 2.49. The van der Waals surface area contributed by atoms with Crippen molar-refractivity contribution in [3.63, 3.8) is 0 Å². The molecular formula is C8H10N4OS. The predicted molar refractivity (Wildman–Crippen MR) is 52.9 cm³/mol. The molecule has 1 unspecified atom stereocenters. The van der Waals surface area contributed by atoms with Crippen LogP contribution >= 0.6 is 11.3 Å². The van der Waals surface area contributed by atoms with Crippen molar-refractivity contribution in [2.75, 3.05) is 7.05 Å². The standard InChI is InChI=1S/C8H10N4OS/c1-5(9-2)8-11-7(12-13-8)6-3-14-4-10-6/h3-5,9H,1-2H3. The Balaban J connectivity index is 2.26. The summed E-state index contributed by atoms with van der Waals surface area (Å²) in [5.41, 5.74) is 2.50. The smallest absolute Gasteiger partial charge is 0.243 e. The lowest BCUT2D eigenvalue weighted by atomic mass is 10.3. The van der Waals surface area contributed by atoms with Gasteiger partial charge >= 0.3 is 0 Å². The van der Waals surface area contributed by atoms with Crippen LogP contribution in [0.1, 0.15) is 18.9 Å². The minimum atomic E-state index is 0.0647. The van der Waals surface area contributed by atoms with Gasteiger partial charge in [0.1, 0.15) is 5.69 Å². The highest BCUT2D eigenvalue weighted by Gasteiger charge is 2.13. The Morgan fingerprint density at radius 2 is 2.43 bits per heavy atom. The lowest BCUT2D eigenvalue weighted by molar-refractivity contribution is 0.347. The van der Waals surface area contributed by atoms with Gasteiger partial charge in [-0.25, -0.2) is 4.98 Å². The first-order chi connectivity index (χ1) is 6.81. The fourth-order valence-corrected chi connectivity index (χ4v) is 1.49. The highest BCUT2D eigenvalue weighted by molar-refractivity contribution is 7.07. The molecule has 0 aliphatic heterocycles. The van der Waals surface area contributed by atoms with E-state index in [-0.39, 0.29) is 6.04 Å². The molecule has 5 nitrogen and oxygen atoms in total. The first kappa shape index (κ1) is 9.29. The SMILES string of the molecule is CNC(C)c1nc(-c2cscn2)no1. The maximum Gasteiger partial charge on any atom is 0.243 e. The van der Waals surface area contributed by atoms with E-state index in [1.165, 1.54) is 11.3 Å². The Labute approximate surface area is 85.2 Å². The third-order valence-electron chi connectivity index (χ3n) is 1.91. The summed E-state index contributed by atoms with van der Waals surface area (Å²) in [5.74, 6) is 1.12. The molecule has 14 heavy (non-hydrogen) atoms. The number of hydrogen-bond donors (Lipinski definition) is 1. The van der Waals surface area contributed by atoms with Crippen molar-refractivity contribution in [1.29, 1.82) is 0 Å². The van der Waals surface area contributed by atoms with Gasteiger partial charge in [-0.15, -0.1) is 11.3 Å². The van der Waals surface area contributed by atoms with E-state index < -0.39 is 0 Å². The van der Waals surface area contributed by atoms with E-state index in [9.17, 15) is 0 Å². The van der Waals surface area contributed by atoms with Gasteiger partial charge in [-0.2, -0.15) is 4.98 Å². The average molecular weight is 210 g/mol. The molecule has 0 saturated carbocycles. The minimum absolute atomic E-state index is 0.0647. The molecular weight excluding hydrogens is 200 g/mol. The molecule has 2 aromatic rings. The Bertz CT molecular complexity index is 397. The van der Waals surface area contributed by atoms with Crippen molar-refractivity contribution in [2.24, 2.45) is 0 Å². The molecule has 2 heterocycles. The Hall–Kier alpha value is -1.27. The van der Waals surface area contributed by atoms with E-state index in [1.807, 2.05) is 19.4 Å². The lowest BCUT2D eigenvalue weighted by Gasteiger charge is -2.00. The zero-order valence-electron chi connectivity index (χ0n) is 7.89.